The van der Waals surface area contributed by atoms with Crippen molar-refractivity contribution in [3.8, 4) is 5.69 Å². The molecule has 0 bridgehead atoms. The van der Waals surface area contributed by atoms with Gasteiger partial charge >= 0.3 is 23.9 Å². The zero-order valence-corrected chi connectivity index (χ0v) is 29.9. The number of carbonyl (C=O) groups excluding carboxylic acids is 3. The van der Waals surface area contributed by atoms with Gasteiger partial charge in [0.05, 0.1) is 5.69 Å². The lowest BCUT2D eigenvalue weighted by molar-refractivity contribution is -0.0546. The number of piperidine rings is 1. The van der Waals surface area contributed by atoms with E-state index in [9.17, 15) is 19.2 Å². The van der Waals surface area contributed by atoms with Crippen molar-refractivity contribution in [2.24, 2.45) is 5.41 Å². The molecule has 1 aromatic carbocycles. The molecule has 2 aromatic rings. The van der Waals surface area contributed by atoms with E-state index >= 15 is 0 Å². The Bertz CT molecular complexity index is 1530. The molecule has 1 atom stereocenters. The monoisotopic (exact) mass is 679 g/mol. The van der Waals surface area contributed by atoms with Gasteiger partial charge in [0.15, 0.2) is 0 Å². The first-order chi connectivity index (χ1) is 23.1. The number of ether oxygens (including phenoxy) is 2. The third-order valence-corrected chi connectivity index (χ3v) is 9.33. The number of anilines is 1. The van der Waals surface area contributed by atoms with E-state index in [4.69, 9.17) is 9.47 Å². The molecule has 13 heteroatoms. The topological polar surface area (TPSA) is 138 Å². The SMILES string of the molecule is CC(C)(C)OC(=O)NC1CCCN(CCc2ccc(-n3ccc(NC(=O)N4CCC5(CC4)CN(C(=O)OC(C)(C)C)C5)nc3=O)cc2)CC1. The standard InChI is InChI=1S/C36H53N7O6/c1-34(2,3)48-32(46)37-27-8-7-18-40(20-14-27)19-13-26-9-11-28(12-10-26)43-21-15-29(39-31(43)45)38-30(44)41-22-16-36(17-23-41)24-42(25-36)33(47)49-35(4,5)6/h9-12,15,21,27H,7-8,13-14,16-20,22-25H2,1-6H3,(H,37,46)(H,38,39,44,45). The lowest BCUT2D eigenvalue weighted by atomic mass is 9.72. The second-order valence-corrected chi connectivity index (χ2v) is 15.8. The molecule has 13 nitrogen and oxygen atoms in total. The number of benzene rings is 1. The minimum absolute atomic E-state index is 0.0285. The highest BCUT2D eigenvalue weighted by Crippen LogP contribution is 2.41. The molecule has 2 N–H and O–H groups in total. The predicted octanol–water partition coefficient (Wildman–Crippen LogP) is 5.02. The third-order valence-electron chi connectivity index (χ3n) is 9.33. The van der Waals surface area contributed by atoms with E-state index in [0.29, 0.717) is 31.9 Å². The Kier molecular flexibility index (Phi) is 10.9. The van der Waals surface area contributed by atoms with Crippen molar-refractivity contribution in [3.05, 3.63) is 52.6 Å². The minimum atomic E-state index is -0.522. The van der Waals surface area contributed by atoms with Crippen LogP contribution in [0.4, 0.5) is 20.2 Å². The molecule has 1 unspecified atom stereocenters. The summed E-state index contributed by atoms with van der Waals surface area (Å²) in [5.74, 6) is 0.212. The minimum Gasteiger partial charge on any atom is -0.444 e. The van der Waals surface area contributed by atoms with E-state index in [1.54, 1.807) is 22.1 Å². The van der Waals surface area contributed by atoms with Crippen LogP contribution in [0.15, 0.2) is 41.3 Å². The summed E-state index contributed by atoms with van der Waals surface area (Å²) in [5.41, 5.74) is 0.398. The van der Waals surface area contributed by atoms with Gasteiger partial charge in [-0.15, -0.1) is 0 Å². The van der Waals surface area contributed by atoms with Crippen LogP contribution in [0, 0.1) is 5.41 Å². The Balaban J connectivity index is 1.05. The van der Waals surface area contributed by atoms with Crippen molar-refractivity contribution in [2.45, 2.75) is 97.3 Å². The molecule has 3 aliphatic rings. The molecule has 1 spiro atoms. The fraction of sp³-hybridized carbons (Fsp3) is 0.639. The summed E-state index contributed by atoms with van der Waals surface area (Å²) in [6.07, 6.45) is 6.31. The van der Waals surface area contributed by atoms with Gasteiger partial charge in [-0.3, -0.25) is 9.88 Å². The van der Waals surface area contributed by atoms with Crippen LogP contribution in [0.1, 0.15) is 79.2 Å². The van der Waals surface area contributed by atoms with Crippen molar-refractivity contribution >= 4 is 24.0 Å². The Morgan fingerprint density at radius 2 is 1.55 bits per heavy atom. The van der Waals surface area contributed by atoms with Crippen molar-refractivity contribution in [1.82, 2.24) is 29.6 Å². The fourth-order valence-corrected chi connectivity index (χ4v) is 6.69. The average molecular weight is 680 g/mol. The second kappa shape index (κ2) is 14.8. The number of carbonyl (C=O) groups is 3. The molecule has 49 heavy (non-hydrogen) atoms. The molecule has 0 aliphatic carbocycles. The molecule has 5 rings (SSSR count). The first kappa shape index (κ1) is 36.2. The van der Waals surface area contributed by atoms with Gasteiger partial charge in [0.25, 0.3) is 0 Å². The zero-order valence-electron chi connectivity index (χ0n) is 29.9. The number of hydrogen-bond donors (Lipinski definition) is 2. The number of nitrogens with zero attached hydrogens (tertiary/aromatic N) is 5. The molecule has 1 aromatic heterocycles. The number of aromatic nitrogens is 2. The summed E-state index contributed by atoms with van der Waals surface area (Å²) >= 11 is 0. The van der Waals surface area contributed by atoms with Crippen LogP contribution in [0.25, 0.3) is 5.69 Å². The normalized spacial score (nSPS) is 19.8. The van der Waals surface area contributed by atoms with Crippen molar-refractivity contribution in [2.75, 3.05) is 51.1 Å². The van der Waals surface area contributed by atoms with Crippen molar-refractivity contribution in [1.29, 1.82) is 0 Å². The summed E-state index contributed by atoms with van der Waals surface area (Å²) < 4.78 is 12.3. The number of likely N-dealkylation sites (tertiary alicyclic amines) is 3. The van der Waals surface area contributed by atoms with Gasteiger partial charge in [0, 0.05) is 56.9 Å². The molecule has 3 aliphatic heterocycles. The maximum atomic E-state index is 13.0. The number of rotatable bonds is 6. The highest BCUT2D eigenvalue weighted by molar-refractivity contribution is 5.88. The van der Waals surface area contributed by atoms with Gasteiger partial charge in [-0.25, -0.2) is 19.2 Å². The van der Waals surface area contributed by atoms with Gasteiger partial charge in [-0.1, -0.05) is 12.1 Å². The van der Waals surface area contributed by atoms with Gasteiger partial charge in [0.1, 0.15) is 17.0 Å². The number of urea groups is 1. The van der Waals surface area contributed by atoms with Gasteiger partial charge < -0.3 is 29.5 Å². The molecular formula is C36H53N7O6. The number of alkyl carbamates (subject to hydrolysis) is 1. The van der Waals surface area contributed by atoms with E-state index in [2.05, 4.69) is 20.5 Å². The van der Waals surface area contributed by atoms with Gasteiger partial charge in [-0.05, 0) is 110 Å². The molecule has 268 valence electrons. The van der Waals surface area contributed by atoms with Crippen LogP contribution >= 0.6 is 0 Å². The van der Waals surface area contributed by atoms with E-state index in [-0.39, 0.29) is 35.5 Å². The largest absolute Gasteiger partial charge is 0.444 e. The summed E-state index contributed by atoms with van der Waals surface area (Å²) in [6, 6.07) is 9.34. The second-order valence-electron chi connectivity index (χ2n) is 15.8. The van der Waals surface area contributed by atoms with E-state index < -0.39 is 16.9 Å². The summed E-state index contributed by atoms with van der Waals surface area (Å²) in [4.78, 5) is 60.4. The smallest absolute Gasteiger partial charge is 0.410 e. The van der Waals surface area contributed by atoms with E-state index in [1.165, 1.54) is 10.1 Å². The first-order valence-corrected chi connectivity index (χ1v) is 17.5. The van der Waals surface area contributed by atoms with Crippen molar-refractivity contribution in [3.63, 3.8) is 0 Å². The zero-order chi connectivity index (χ0) is 35.4. The fourth-order valence-electron chi connectivity index (χ4n) is 6.69. The Hall–Kier alpha value is -4.13. The molecular weight excluding hydrogens is 626 g/mol. The van der Waals surface area contributed by atoms with Crippen LogP contribution in [0.2, 0.25) is 0 Å². The molecule has 0 radical (unpaired) electrons. The van der Waals surface area contributed by atoms with Crippen LogP contribution < -0.4 is 16.3 Å². The molecule has 3 fully saturated rings. The quantitative estimate of drug-likeness (QED) is 0.434. The number of nitrogens with one attached hydrogen (secondary N) is 2. The van der Waals surface area contributed by atoms with Crippen LogP contribution in [-0.2, 0) is 15.9 Å². The molecule has 4 amide bonds. The van der Waals surface area contributed by atoms with E-state index in [1.807, 2.05) is 65.8 Å². The average Bonchev–Trinajstić information content (AvgIpc) is 3.22. The Morgan fingerprint density at radius 1 is 0.878 bits per heavy atom. The van der Waals surface area contributed by atoms with Crippen LogP contribution in [-0.4, -0.2) is 106 Å². The Morgan fingerprint density at radius 3 is 2.18 bits per heavy atom. The predicted molar refractivity (Wildman–Crippen MR) is 187 cm³/mol. The maximum absolute atomic E-state index is 13.0. The summed E-state index contributed by atoms with van der Waals surface area (Å²) in [5, 5.41) is 5.80. The first-order valence-electron chi connectivity index (χ1n) is 17.5. The van der Waals surface area contributed by atoms with Crippen LogP contribution in [0.3, 0.4) is 0 Å². The third kappa shape index (κ3) is 10.2. The summed E-state index contributed by atoms with van der Waals surface area (Å²) in [7, 11) is 0. The summed E-state index contributed by atoms with van der Waals surface area (Å²) in [6.45, 7) is 16.4. The van der Waals surface area contributed by atoms with Crippen LogP contribution in [0.5, 0.6) is 0 Å². The molecule has 0 saturated carbocycles. The molecule has 4 heterocycles. The lowest BCUT2D eigenvalue weighted by Crippen LogP contribution is -2.63. The molecule has 3 saturated heterocycles. The number of amides is 4. The lowest BCUT2D eigenvalue weighted by Gasteiger charge is -2.53. The maximum Gasteiger partial charge on any atom is 0.410 e. The highest BCUT2D eigenvalue weighted by Gasteiger charge is 2.48. The highest BCUT2D eigenvalue weighted by atomic mass is 16.6. The van der Waals surface area contributed by atoms with E-state index in [0.717, 1.165) is 58.2 Å². The number of hydrogen-bond acceptors (Lipinski definition) is 8. The van der Waals surface area contributed by atoms with Gasteiger partial charge in [-0.2, -0.15) is 4.98 Å². The Labute approximate surface area is 289 Å². The van der Waals surface area contributed by atoms with Gasteiger partial charge in [0.2, 0.25) is 0 Å². The van der Waals surface area contributed by atoms with Crippen molar-refractivity contribution < 1.29 is 23.9 Å².